The Balaban J connectivity index is 1.05. The molecule has 0 aliphatic carbocycles. The number of hydrogen-bond acceptors (Lipinski definition) is 8. The molecule has 53 heavy (non-hydrogen) atoms. The minimum Gasteiger partial charge on any atom is -0.493 e. The van der Waals surface area contributed by atoms with E-state index < -0.39 is 17.5 Å². The van der Waals surface area contributed by atoms with E-state index in [4.69, 9.17) is 42.1 Å². The number of rotatable bonds is 12. The van der Waals surface area contributed by atoms with Crippen molar-refractivity contribution < 1.29 is 33.5 Å². The van der Waals surface area contributed by atoms with Gasteiger partial charge in [0, 0.05) is 25.1 Å². The minimum absolute atomic E-state index is 0.0300. The summed E-state index contributed by atoms with van der Waals surface area (Å²) in [5, 5.41) is 0.872. The molecule has 8 rings (SSSR count). The van der Waals surface area contributed by atoms with Gasteiger partial charge in [0.05, 0.1) is 25.2 Å². The van der Waals surface area contributed by atoms with Crippen LogP contribution in [0.4, 0.5) is 0 Å². The fourth-order valence-corrected chi connectivity index (χ4v) is 8.68. The fourth-order valence-electron chi connectivity index (χ4n) is 8.14. The van der Waals surface area contributed by atoms with Crippen LogP contribution in [0.1, 0.15) is 64.4 Å². The molecule has 4 saturated heterocycles. The number of nitrogens with one attached hydrogen (secondary N) is 1. The Bertz CT molecular complexity index is 1890. The number of carbonyl (C=O) groups is 2. The number of ether oxygens (including phenoxy) is 4. The van der Waals surface area contributed by atoms with E-state index in [-0.39, 0.29) is 18.5 Å². The maximum atomic E-state index is 14.1. The van der Waals surface area contributed by atoms with E-state index in [1.807, 2.05) is 42.5 Å². The number of H-pyrrole nitrogens is 1. The van der Waals surface area contributed by atoms with E-state index in [1.165, 1.54) is 0 Å². The van der Waals surface area contributed by atoms with Gasteiger partial charge in [0.1, 0.15) is 22.3 Å². The van der Waals surface area contributed by atoms with E-state index in [0.29, 0.717) is 63.5 Å². The van der Waals surface area contributed by atoms with Crippen LogP contribution >= 0.6 is 23.2 Å². The average molecular weight is 760 g/mol. The number of nitrogens with zero attached hydrogens (tertiary/aromatic N) is 2. The van der Waals surface area contributed by atoms with Crippen LogP contribution in [0.2, 0.25) is 10.0 Å². The van der Waals surface area contributed by atoms with Gasteiger partial charge in [0.2, 0.25) is 0 Å². The molecule has 278 valence electrons. The number of likely N-dealkylation sites (tertiary alicyclic amines) is 1. The molecule has 1 N–H and O–H groups in total. The Labute approximate surface area is 321 Å². The van der Waals surface area contributed by atoms with Gasteiger partial charge in [0.15, 0.2) is 23.9 Å². The van der Waals surface area contributed by atoms with E-state index >= 15 is 0 Å². The molecule has 4 aliphatic rings. The summed E-state index contributed by atoms with van der Waals surface area (Å²) in [6.45, 7) is 5.11. The summed E-state index contributed by atoms with van der Waals surface area (Å²) < 4.78 is 23.6. The van der Waals surface area contributed by atoms with E-state index in [9.17, 15) is 9.59 Å². The molecule has 0 saturated carbocycles. The molecule has 1 aromatic heterocycles. The highest BCUT2D eigenvalue weighted by atomic mass is 35.5. The van der Waals surface area contributed by atoms with Gasteiger partial charge in [-0.15, -0.1) is 0 Å². The second kappa shape index (κ2) is 16.5. The molecule has 3 aromatic carbocycles. The normalized spacial score (nSPS) is 21.4. The summed E-state index contributed by atoms with van der Waals surface area (Å²) in [6.07, 6.45) is 6.30. The third-order valence-corrected chi connectivity index (χ3v) is 11.9. The van der Waals surface area contributed by atoms with E-state index in [0.717, 1.165) is 56.7 Å². The Kier molecular flexibility index (Phi) is 11.6. The predicted octanol–water partition coefficient (Wildman–Crippen LogP) is 7.14. The molecule has 5 heterocycles. The van der Waals surface area contributed by atoms with Crippen molar-refractivity contribution in [3.63, 3.8) is 0 Å². The fraction of sp³-hybridized carbons (Fsp3) is 0.405. The van der Waals surface area contributed by atoms with Crippen LogP contribution in [0.5, 0.6) is 11.5 Å². The number of fused-ring (bicyclic) bond motifs is 3. The molecule has 0 spiro atoms. The molecular weight excluding hydrogens is 713 g/mol. The molecule has 11 heteroatoms. The van der Waals surface area contributed by atoms with Gasteiger partial charge in [-0.1, -0.05) is 71.7 Å². The molecule has 0 radical (unpaired) electrons. The molecule has 0 unspecified atom stereocenters. The zero-order valence-electron chi connectivity index (χ0n) is 30.2. The van der Waals surface area contributed by atoms with Crippen LogP contribution in [-0.4, -0.2) is 74.8 Å². The molecule has 2 bridgehead atoms. The highest BCUT2D eigenvalue weighted by Gasteiger charge is 2.47. The number of piperidine rings is 4. The maximum Gasteiger partial charge on any atom is 0.338 e. The molecular formula is C42H46Cl2N3O6+. The monoisotopic (exact) mass is 758 g/mol. The third kappa shape index (κ3) is 8.19. The quantitative estimate of drug-likeness (QED) is 0.141. The summed E-state index contributed by atoms with van der Waals surface area (Å²) in [5.41, 5.74) is 3.11. The van der Waals surface area contributed by atoms with Gasteiger partial charge >= 0.3 is 11.9 Å². The van der Waals surface area contributed by atoms with E-state index in [1.54, 1.807) is 44.8 Å². The van der Waals surface area contributed by atoms with Crippen LogP contribution in [-0.2, 0) is 32.6 Å². The average Bonchev–Trinajstić information content (AvgIpc) is 3.19. The topological polar surface area (TPSA) is 91.7 Å². The Hall–Kier alpha value is -4.15. The largest absolute Gasteiger partial charge is 0.493 e. The molecule has 0 amide bonds. The van der Waals surface area contributed by atoms with Crippen molar-refractivity contribution in [3.05, 3.63) is 123 Å². The summed E-state index contributed by atoms with van der Waals surface area (Å²) in [4.78, 5) is 35.6. The number of pyridine rings is 1. The SMILES string of the molecule is COc1ccc([C@H](Cc2c(Cl)c[nH+]cc2Cl)OC(=O)c2cccc(CN3CCC(C(=O)O[C@H]4CN5CCC4CC5)(c4ccccc4)CC3)c2)cc1OC. The number of aromatic nitrogens is 1. The molecule has 4 aromatic rings. The zero-order chi connectivity index (χ0) is 37.0. The Morgan fingerprint density at radius 2 is 1.58 bits per heavy atom. The second-order valence-corrected chi connectivity index (χ2v) is 15.2. The van der Waals surface area contributed by atoms with Crippen molar-refractivity contribution in [2.75, 3.05) is 46.9 Å². The number of esters is 2. The second-order valence-electron chi connectivity index (χ2n) is 14.3. The number of halogens is 2. The van der Waals surface area contributed by atoms with Gasteiger partial charge in [-0.25, -0.2) is 9.78 Å². The van der Waals surface area contributed by atoms with Crippen molar-refractivity contribution in [3.8, 4) is 11.5 Å². The van der Waals surface area contributed by atoms with Gasteiger partial charge < -0.3 is 18.9 Å². The first kappa shape index (κ1) is 37.2. The number of hydrogen-bond donors (Lipinski definition) is 0. The van der Waals surface area contributed by atoms with Crippen LogP contribution in [0, 0.1) is 5.92 Å². The van der Waals surface area contributed by atoms with Gasteiger partial charge in [-0.3, -0.25) is 14.6 Å². The van der Waals surface area contributed by atoms with Crippen molar-refractivity contribution in [1.29, 1.82) is 0 Å². The third-order valence-electron chi connectivity index (χ3n) is 11.3. The number of carbonyl (C=O) groups excluding carboxylic acids is 2. The first-order chi connectivity index (χ1) is 25.8. The summed E-state index contributed by atoms with van der Waals surface area (Å²) in [5.74, 6) is 0.962. The van der Waals surface area contributed by atoms with Crippen molar-refractivity contribution in [2.24, 2.45) is 5.92 Å². The summed E-state index contributed by atoms with van der Waals surface area (Å²) in [6, 6.07) is 23.1. The van der Waals surface area contributed by atoms with Crippen molar-refractivity contribution >= 4 is 35.1 Å². The lowest BCUT2D eigenvalue weighted by molar-refractivity contribution is -0.377. The lowest BCUT2D eigenvalue weighted by Gasteiger charge is -2.46. The van der Waals surface area contributed by atoms with Gasteiger partial charge in [0.25, 0.3) is 0 Å². The maximum absolute atomic E-state index is 14.1. The highest BCUT2D eigenvalue weighted by molar-refractivity contribution is 6.35. The van der Waals surface area contributed by atoms with Gasteiger partial charge in [-0.2, -0.15) is 0 Å². The van der Waals surface area contributed by atoms with Crippen molar-refractivity contribution in [1.82, 2.24) is 9.80 Å². The number of methoxy groups -OCH3 is 2. The van der Waals surface area contributed by atoms with Gasteiger partial charge in [-0.05, 0) is 98.7 Å². The molecule has 2 atom stereocenters. The van der Waals surface area contributed by atoms with Crippen LogP contribution in [0.3, 0.4) is 0 Å². The number of benzene rings is 3. The number of aromatic amines is 1. The predicted molar refractivity (Wildman–Crippen MR) is 203 cm³/mol. The summed E-state index contributed by atoms with van der Waals surface area (Å²) >= 11 is 13.1. The molecule has 9 nitrogen and oxygen atoms in total. The Morgan fingerprint density at radius 3 is 2.25 bits per heavy atom. The van der Waals surface area contributed by atoms with Crippen LogP contribution < -0.4 is 14.5 Å². The summed E-state index contributed by atoms with van der Waals surface area (Å²) in [7, 11) is 3.13. The zero-order valence-corrected chi connectivity index (χ0v) is 31.7. The molecule has 4 aliphatic heterocycles. The lowest BCUT2D eigenvalue weighted by atomic mass is 9.72. The standard InChI is InChI=1S/C42H45Cl2N3O6/c1-50-36-12-11-30(22-38(36)51-2)37(23-33-34(43)24-45-25-35(33)44)52-40(48)31-8-6-7-28(21-31)26-47-19-15-42(16-20-47,32-9-4-3-5-10-32)41(49)53-39-27-46-17-13-29(39)14-18-46/h3-12,21-22,24-25,29,37,39H,13-20,23,26-27H2,1-2H3/p+1/t37-,39-/m0/s1. The van der Waals surface area contributed by atoms with E-state index in [2.05, 4.69) is 26.9 Å². The first-order valence-corrected chi connectivity index (χ1v) is 19.1. The first-order valence-electron chi connectivity index (χ1n) is 18.3. The Morgan fingerprint density at radius 1 is 0.868 bits per heavy atom. The van der Waals surface area contributed by atoms with Crippen LogP contribution in [0.25, 0.3) is 0 Å². The lowest BCUT2D eigenvalue weighted by Crippen LogP contribution is -2.54. The smallest absolute Gasteiger partial charge is 0.338 e. The highest BCUT2D eigenvalue weighted by Crippen LogP contribution is 2.40. The van der Waals surface area contributed by atoms with Crippen LogP contribution in [0.15, 0.2) is 85.2 Å². The molecule has 4 fully saturated rings. The minimum atomic E-state index is -0.725. The van der Waals surface area contributed by atoms with Crippen molar-refractivity contribution in [2.45, 2.75) is 56.3 Å².